The largest absolute Gasteiger partial charge is 0.494 e. The zero-order valence-electron chi connectivity index (χ0n) is 31.8. The minimum absolute atomic E-state index is 0.205. The predicted molar refractivity (Wildman–Crippen MR) is 208 cm³/mol. The van der Waals surface area contributed by atoms with Crippen molar-refractivity contribution >= 4 is 51.0 Å². The van der Waals surface area contributed by atoms with Gasteiger partial charge in [-0.3, -0.25) is 33.5 Å². The van der Waals surface area contributed by atoms with Crippen molar-refractivity contribution in [3.63, 3.8) is 0 Å². The van der Waals surface area contributed by atoms with Crippen molar-refractivity contribution in [1.82, 2.24) is 29.1 Å². The van der Waals surface area contributed by atoms with Gasteiger partial charge in [-0.25, -0.2) is 13.6 Å². The highest BCUT2D eigenvalue weighted by molar-refractivity contribution is 6.06. The fourth-order valence-electron chi connectivity index (χ4n) is 8.99. The first kappa shape index (κ1) is 37.4. The van der Waals surface area contributed by atoms with Gasteiger partial charge in [-0.05, 0) is 88.2 Å². The summed E-state index contributed by atoms with van der Waals surface area (Å²) in [7, 11) is 5.47. The van der Waals surface area contributed by atoms with Crippen molar-refractivity contribution in [1.29, 1.82) is 0 Å². The molecule has 3 aliphatic rings. The Hall–Kier alpha value is -5.57. The molecule has 15 heteroatoms. The molecule has 3 fully saturated rings. The summed E-state index contributed by atoms with van der Waals surface area (Å²) in [6.45, 7) is 2.72. The number of hydrogen-bond donors (Lipinski definition) is 2. The Kier molecular flexibility index (Phi) is 10.1. The molecule has 1 aliphatic carbocycles. The Balaban J connectivity index is 0.868. The van der Waals surface area contributed by atoms with E-state index in [2.05, 4.69) is 27.5 Å². The summed E-state index contributed by atoms with van der Waals surface area (Å²) in [6.07, 6.45) is 8.64. The smallest absolute Gasteiger partial charge is 0.329 e. The van der Waals surface area contributed by atoms with Gasteiger partial charge in [-0.15, -0.1) is 0 Å². The molecule has 13 nitrogen and oxygen atoms in total. The number of hydrogen-bond acceptors (Lipinski definition) is 8. The summed E-state index contributed by atoms with van der Waals surface area (Å²) in [6, 6.07) is 12.2. The van der Waals surface area contributed by atoms with E-state index in [1.807, 2.05) is 29.1 Å². The minimum atomic E-state index is -0.941. The number of carbonyl (C=O) groups is 3. The highest BCUT2D eigenvalue weighted by atomic mass is 19.1. The number of halogens is 2. The van der Waals surface area contributed by atoms with Gasteiger partial charge in [-0.1, -0.05) is 6.07 Å². The van der Waals surface area contributed by atoms with Gasteiger partial charge in [0.15, 0.2) is 0 Å². The molecule has 5 aromatic rings. The fraction of sp³-hybridized carbons (Fsp3) is 0.439. The molecule has 56 heavy (non-hydrogen) atoms. The van der Waals surface area contributed by atoms with Crippen LogP contribution in [0, 0.1) is 17.6 Å². The van der Waals surface area contributed by atoms with Crippen LogP contribution in [0.3, 0.4) is 0 Å². The third kappa shape index (κ3) is 7.04. The molecule has 2 aliphatic heterocycles. The third-order valence-corrected chi connectivity index (χ3v) is 12.0. The second kappa shape index (κ2) is 15.2. The number of nitrogens with one attached hydrogen (secondary N) is 2. The Morgan fingerprint density at radius 3 is 2.48 bits per heavy atom. The number of fused-ring (bicyclic) bond motifs is 2. The first-order chi connectivity index (χ1) is 27.0. The molecule has 0 bridgehead atoms. The number of imide groups is 1. The van der Waals surface area contributed by atoms with Crippen molar-refractivity contribution in [2.24, 2.45) is 13.0 Å². The number of para-hydroxylation sites is 1. The van der Waals surface area contributed by atoms with Crippen LogP contribution in [0.4, 0.5) is 20.2 Å². The summed E-state index contributed by atoms with van der Waals surface area (Å²) in [5, 5.41) is 10.8. The van der Waals surface area contributed by atoms with Crippen LogP contribution >= 0.6 is 0 Å². The van der Waals surface area contributed by atoms with Crippen molar-refractivity contribution in [3.8, 4) is 5.75 Å². The molecule has 1 saturated carbocycles. The number of ether oxygens (including phenoxy) is 1. The molecule has 3 aromatic carbocycles. The fourth-order valence-corrected chi connectivity index (χ4v) is 8.99. The molecule has 294 valence electrons. The number of nitrogens with zero attached hydrogens (tertiary/aromatic N) is 6. The zero-order valence-corrected chi connectivity index (χ0v) is 31.8. The van der Waals surface area contributed by atoms with Gasteiger partial charge in [0.1, 0.15) is 23.4 Å². The Labute approximate surface area is 322 Å². The molecule has 2 saturated heterocycles. The molecule has 4 heterocycles. The van der Waals surface area contributed by atoms with Crippen molar-refractivity contribution in [3.05, 3.63) is 82.4 Å². The van der Waals surface area contributed by atoms with Gasteiger partial charge >= 0.3 is 5.69 Å². The molecule has 1 atom stereocenters. The SMILES string of the molecule is COc1cc2nn(C3CCC(CN(C)C4CCN(c5cccc6c5n(C)c(=O)n6C5CCC(=O)NC5=O)CC4)CC3)cc2cc1NC(=O)c1ccc(F)cc1F. The molecular weight excluding hydrogens is 722 g/mol. The highest BCUT2D eigenvalue weighted by Gasteiger charge is 2.33. The quantitative estimate of drug-likeness (QED) is 0.187. The van der Waals surface area contributed by atoms with Gasteiger partial charge in [0.25, 0.3) is 5.91 Å². The Bertz CT molecular complexity index is 2390. The van der Waals surface area contributed by atoms with E-state index in [4.69, 9.17) is 9.84 Å². The monoisotopic (exact) mass is 768 g/mol. The number of benzene rings is 3. The van der Waals surface area contributed by atoms with Crippen LogP contribution in [-0.2, 0) is 16.6 Å². The summed E-state index contributed by atoms with van der Waals surface area (Å²) in [5.74, 6) is -2.17. The van der Waals surface area contributed by atoms with Crippen LogP contribution in [0.15, 0.2) is 59.5 Å². The van der Waals surface area contributed by atoms with Crippen LogP contribution < -0.4 is 26.0 Å². The van der Waals surface area contributed by atoms with E-state index in [1.54, 1.807) is 28.3 Å². The maximum atomic E-state index is 14.3. The number of rotatable bonds is 9. The molecule has 0 spiro atoms. The Morgan fingerprint density at radius 1 is 1.00 bits per heavy atom. The average Bonchev–Trinajstić information content (AvgIpc) is 3.72. The van der Waals surface area contributed by atoms with Crippen LogP contribution in [0.2, 0.25) is 0 Å². The van der Waals surface area contributed by atoms with Gasteiger partial charge in [0, 0.05) is 62.9 Å². The van der Waals surface area contributed by atoms with E-state index < -0.39 is 29.5 Å². The molecular formula is C41H46F2N8O5. The van der Waals surface area contributed by atoms with Crippen LogP contribution in [0.1, 0.15) is 73.8 Å². The van der Waals surface area contributed by atoms with Crippen molar-refractivity contribution in [2.45, 2.75) is 69.5 Å². The molecule has 1 unspecified atom stereocenters. The standard InChI is InChI=1S/C41H46F2N8O5/c1-47(27-15-17-49(18-16-27)33-5-4-6-34-38(33)48(2)41(55)51(34)35-13-14-37(52)45-40(35)54)22-24-7-10-28(11-8-24)50-23-25-19-32(36(56-3)21-31(25)46-50)44-39(53)29-12-9-26(42)20-30(29)43/h4-6,9,12,19-21,23-24,27-28,35H,7-8,10-11,13-18,22H2,1-3H3,(H,44,53)(H,45,52,54). The van der Waals surface area contributed by atoms with E-state index in [-0.39, 0.29) is 29.6 Å². The minimum Gasteiger partial charge on any atom is -0.494 e. The number of piperidine rings is 2. The predicted octanol–water partition coefficient (Wildman–Crippen LogP) is 5.54. The van der Waals surface area contributed by atoms with E-state index >= 15 is 0 Å². The van der Waals surface area contributed by atoms with Crippen molar-refractivity contribution < 1.29 is 27.9 Å². The van der Waals surface area contributed by atoms with Crippen LogP contribution in [0.25, 0.3) is 21.9 Å². The van der Waals surface area contributed by atoms with E-state index in [0.29, 0.717) is 41.4 Å². The van der Waals surface area contributed by atoms with Crippen LogP contribution in [0.5, 0.6) is 5.75 Å². The van der Waals surface area contributed by atoms with Crippen molar-refractivity contribution in [2.75, 3.05) is 44.0 Å². The third-order valence-electron chi connectivity index (χ3n) is 12.0. The first-order valence-electron chi connectivity index (χ1n) is 19.3. The normalized spacial score (nSPS) is 20.9. The number of anilines is 2. The second-order valence-corrected chi connectivity index (χ2v) is 15.5. The number of methoxy groups -OCH3 is 1. The maximum Gasteiger partial charge on any atom is 0.329 e. The molecule has 0 radical (unpaired) electrons. The second-order valence-electron chi connectivity index (χ2n) is 15.5. The summed E-state index contributed by atoms with van der Waals surface area (Å²) in [4.78, 5) is 55.6. The lowest BCUT2D eigenvalue weighted by Gasteiger charge is -2.40. The number of amides is 3. The van der Waals surface area contributed by atoms with Crippen LogP contribution in [-0.4, -0.2) is 81.4 Å². The molecule has 3 amide bonds. The number of imidazole rings is 1. The summed E-state index contributed by atoms with van der Waals surface area (Å²) < 4.78 is 38.4. The van der Waals surface area contributed by atoms with E-state index in [9.17, 15) is 28.0 Å². The lowest BCUT2D eigenvalue weighted by molar-refractivity contribution is -0.135. The number of aromatic nitrogens is 4. The molecule has 2 aromatic heterocycles. The van der Waals surface area contributed by atoms with Gasteiger partial charge in [-0.2, -0.15) is 5.10 Å². The first-order valence-corrected chi connectivity index (χ1v) is 19.3. The van der Waals surface area contributed by atoms with E-state index in [1.165, 1.54) is 7.11 Å². The van der Waals surface area contributed by atoms with E-state index in [0.717, 1.165) is 92.4 Å². The Morgan fingerprint density at radius 2 is 1.77 bits per heavy atom. The van der Waals surface area contributed by atoms with Gasteiger partial charge in [0.2, 0.25) is 11.8 Å². The van der Waals surface area contributed by atoms with Gasteiger partial charge in [0.05, 0.1) is 46.6 Å². The molecule has 2 N–H and O–H groups in total. The summed E-state index contributed by atoms with van der Waals surface area (Å²) >= 11 is 0. The zero-order chi connectivity index (χ0) is 39.2. The average molecular weight is 769 g/mol. The number of aryl methyl sites for hydroxylation is 1. The summed E-state index contributed by atoms with van der Waals surface area (Å²) in [5.41, 5.74) is 3.07. The van der Waals surface area contributed by atoms with Gasteiger partial charge < -0.3 is 19.9 Å². The lowest BCUT2D eigenvalue weighted by atomic mass is 9.85. The number of carbonyl (C=O) groups excluding carboxylic acids is 3. The molecule has 8 rings (SSSR count). The topological polar surface area (TPSA) is 136 Å². The maximum absolute atomic E-state index is 14.3. The highest BCUT2D eigenvalue weighted by Crippen LogP contribution is 2.37. The lowest BCUT2D eigenvalue weighted by Crippen LogP contribution is -2.45.